The third kappa shape index (κ3) is 4.16. The third-order valence-electron chi connectivity index (χ3n) is 2.07. The third-order valence-corrected chi connectivity index (χ3v) is 2.42. The number of halogens is 2. The van der Waals surface area contributed by atoms with Crippen LogP contribution in [0.5, 0.6) is 0 Å². The lowest BCUT2D eigenvalue weighted by Gasteiger charge is -2.07. The summed E-state index contributed by atoms with van der Waals surface area (Å²) < 4.78 is 18.2. The van der Waals surface area contributed by atoms with Gasteiger partial charge in [0, 0.05) is 30.8 Å². The second-order valence-electron chi connectivity index (χ2n) is 3.22. The molecule has 2 nitrogen and oxygen atoms in total. The van der Waals surface area contributed by atoms with Crippen molar-refractivity contribution in [2.75, 3.05) is 20.3 Å². The molecule has 0 fully saturated rings. The average molecular weight is 232 g/mol. The standard InChI is InChI=1S/C11H15ClFNO/c1-15-7-3-6-14-8-9-10(12)4-2-5-11(9)13/h2,4-5,14H,3,6-8H2,1H3. The molecular formula is C11H15ClFNO. The van der Waals surface area contributed by atoms with Gasteiger partial charge in [-0.25, -0.2) is 4.39 Å². The van der Waals surface area contributed by atoms with Crippen LogP contribution in [-0.4, -0.2) is 20.3 Å². The van der Waals surface area contributed by atoms with Crippen molar-refractivity contribution in [1.82, 2.24) is 5.32 Å². The lowest BCUT2D eigenvalue weighted by atomic mass is 10.2. The molecule has 0 atom stereocenters. The van der Waals surface area contributed by atoms with Crippen molar-refractivity contribution in [1.29, 1.82) is 0 Å². The number of rotatable bonds is 6. The van der Waals surface area contributed by atoms with Crippen LogP contribution in [0.4, 0.5) is 4.39 Å². The molecule has 84 valence electrons. The van der Waals surface area contributed by atoms with Crippen LogP contribution in [0.1, 0.15) is 12.0 Å². The maximum absolute atomic E-state index is 13.3. The molecule has 1 rings (SSSR count). The van der Waals surface area contributed by atoms with Crippen LogP contribution in [0.15, 0.2) is 18.2 Å². The number of hydrogen-bond donors (Lipinski definition) is 1. The van der Waals surface area contributed by atoms with Crippen LogP contribution in [-0.2, 0) is 11.3 Å². The Morgan fingerprint density at radius 1 is 1.47 bits per heavy atom. The van der Waals surface area contributed by atoms with Crippen LogP contribution >= 0.6 is 11.6 Å². The fourth-order valence-corrected chi connectivity index (χ4v) is 1.49. The van der Waals surface area contributed by atoms with Crippen molar-refractivity contribution in [3.05, 3.63) is 34.6 Å². The van der Waals surface area contributed by atoms with E-state index in [1.54, 1.807) is 19.2 Å². The van der Waals surface area contributed by atoms with Gasteiger partial charge >= 0.3 is 0 Å². The monoisotopic (exact) mass is 231 g/mol. The molecule has 0 saturated heterocycles. The molecule has 4 heteroatoms. The Morgan fingerprint density at radius 2 is 2.27 bits per heavy atom. The summed E-state index contributed by atoms with van der Waals surface area (Å²) in [6.07, 6.45) is 0.905. The number of methoxy groups -OCH3 is 1. The summed E-state index contributed by atoms with van der Waals surface area (Å²) in [6.45, 7) is 1.95. The molecule has 0 spiro atoms. The highest BCUT2D eigenvalue weighted by atomic mass is 35.5. The van der Waals surface area contributed by atoms with Crippen LogP contribution in [0.2, 0.25) is 5.02 Å². The highest BCUT2D eigenvalue weighted by molar-refractivity contribution is 6.31. The van der Waals surface area contributed by atoms with E-state index in [0.29, 0.717) is 23.7 Å². The van der Waals surface area contributed by atoms with Gasteiger partial charge < -0.3 is 10.1 Å². The van der Waals surface area contributed by atoms with E-state index in [4.69, 9.17) is 16.3 Å². The van der Waals surface area contributed by atoms with Crippen LogP contribution < -0.4 is 5.32 Å². The van der Waals surface area contributed by atoms with Crippen molar-refractivity contribution in [2.24, 2.45) is 0 Å². The molecule has 0 radical (unpaired) electrons. The zero-order chi connectivity index (χ0) is 11.1. The summed E-state index contributed by atoms with van der Waals surface area (Å²) in [5.74, 6) is -0.262. The van der Waals surface area contributed by atoms with E-state index in [-0.39, 0.29) is 5.82 Å². The lowest BCUT2D eigenvalue weighted by molar-refractivity contribution is 0.194. The van der Waals surface area contributed by atoms with Gasteiger partial charge in [0.25, 0.3) is 0 Å². The van der Waals surface area contributed by atoms with Gasteiger partial charge in [0.05, 0.1) is 0 Å². The van der Waals surface area contributed by atoms with E-state index in [9.17, 15) is 4.39 Å². The minimum absolute atomic E-state index is 0.262. The van der Waals surface area contributed by atoms with E-state index in [1.807, 2.05) is 0 Å². The predicted octanol–water partition coefficient (Wildman–Crippen LogP) is 2.61. The molecule has 0 aliphatic carbocycles. The Balaban J connectivity index is 2.37. The van der Waals surface area contributed by atoms with Gasteiger partial charge in [-0.15, -0.1) is 0 Å². The molecule has 0 bridgehead atoms. The molecule has 0 aliphatic rings. The van der Waals surface area contributed by atoms with Gasteiger partial charge in [0.15, 0.2) is 0 Å². The fraction of sp³-hybridized carbons (Fsp3) is 0.455. The fourth-order valence-electron chi connectivity index (χ4n) is 1.26. The molecule has 0 heterocycles. The predicted molar refractivity (Wildman–Crippen MR) is 59.6 cm³/mol. The van der Waals surface area contributed by atoms with E-state index in [0.717, 1.165) is 13.0 Å². The zero-order valence-electron chi connectivity index (χ0n) is 8.72. The van der Waals surface area contributed by atoms with Gasteiger partial charge in [0.1, 0.15) is 5.82 Å². The van der Waals surface area contributed by atoms with Crippen molar-refractivity contribution in [2.45, 2.75) is 13.0 Å². The Hall–Kier alpha value is -0.640. The first-order chi connectivity index (χ1) is 7.25. The van der Waals surface area contributed by atoms with Crippen molar-refractivity contribution < 1.29 is 9.13 Å². The molecule has 0 unspecified atom stereocenters. The molecule has 1 aromatic rings. The Morgan fingerprint density at radius 3 is 2.93 bits per heavy atom. The maximum atomic E-state index is 13.3. The van der Waals surface area contributed by atoms with Crippen molar-refractivity contribution in [3.63, 3.8) is 0 Å². The molecule has 0 aromatic heterocycles. The lowest BCUT2D eigenvalue weighted by Crippen LogP contribution is -2.17. The molecule has 1 N–H and O–H groups in total. The smallest absolute Gasteiger partial charge is 0.129 e. The molecule has 0 amide bonds. The highest BCUT2D eigenvalue weighted by Crippen LogP contribution is 2.18. The quantitative estimate of drug-likeness (QED) is 0.760. The van der Waals surface area contributed by atoms with Crippen LogP contribution in [0, 0.1) is 5.82 Å². The van der Waals surface area contributed by atoms with Crippen LogP contribution in [0.3, 0.4) is 0 Å². The molecule has 1 aromatic carbocycles. The number of nitrogens with one attached hydrogen (secondary N) is 1. The Kier molecular flexibility index (Phi) is 5.61. The number of hydrogen-bond acceptors (Lipinski definition) is 2. The van der Waals surface area contributed by atoms with Crippen molar-refractivity contribution >= 4 is 11.6 Å². The molecule has 0 aliphatic heterocycles. The molecule has 0 saturated carbocycles. The minimum Gasteiger partial charge on any atom is -0.385 e. The van der Waals surface area contributed by atoms with E-state index in [1.165, 1.54) is 6.07 Å². The summed E-state index contributed by atoms with van der Waals surface area (Å²) in [5, 5.41) is 3.58. The van der Waals surface area contributed by atoms with Gasteiger partial charge in [-0.2, -0.15) is 0 Å². The van der Waals surface area contributed by atoms with Crippen LogP contribution in [0.25, 0.3) is 0 Å². The summed E-state index contributed by atoms with van der Waals surface area (Å²) in [6, 6.07) is 4.71. The van der Waals surface area contributed by atoms with Gasteiger partial charge in [-0.1, -0.05) is 17.7 Å². The number of ether oxygens (including phenoxy) is 1. The Bertz CT molecular complexity index is 286. The largest absolute Gasteiger partial charge is 0.385 e. The summed E-state index contributed by atoms with van der Waals surface area (Å²) in [4.78, 5) is 0. The molecule has 15 heavy (non-hydrogen) atoms. The first-order valence-corrected chi connectivity index (χ1v) is 5.26. The van der Waals surface area contributed by atoms with Gasteiger partial charge in [0.2, 0.25) is 0 Å². The Labute approximate surface area is 94.4 Å². The van der Waals surface area contributed by atoms with E-state index in [2.05, 4.69) is 5.32 Å². The summed E-state index contributed by atoms with van der Waals surface area (Å²) in [7, 11) is 1.66. The van der Waals surface area contributed by atoms with Gasteiger partial charge in [-0.05, 0) is 25.1 Å². The number of benzene rings is 1. The first kappa shape index (κ1) is 12.4. The van der Waals surface area contributed by atoms with E-state index < -0.39 is 0 Å². The SMILES string of the molecule is COCCCNCc1c(F)cccc1Cl. The average Bonchev–Trinajstić information content (AvgIpc) is 2.21. The zero-order valence-corrected chi connectivity index (χ0v) is 9.48. The second kappa shape index (κ2) is 6.77. The van der Waals surface area contributed by atoms with E-state index >= 15 is 0 Å². The van der Waals surface area contributed by atoms with Gasteiger partial charge in [-0.3, -0.25) is 0 Å². The summed E-state index contributed by atoms with van der Waals surface area (Å²) in [5.41, 5.74) is 0.525. The normalized spacial score (nSPS) is 10.6. The first-order valence-electron chi connectivity index (χ1n) is 4.88. The minimum atomic E-state index is -0.262. The topological polar surface area (TPSA) is 21.3 Å². The second-order valence-corrected chi connectivity index (χ2v) is 3.63. The molecular weight excluding hydrogens is 217 g/mol. The maximum Gasteiger partial charge on any atom is 0.129 e. The summed E-state index contributed by atoms with van der Waals surface area (Å²) >= 11 is 5.86. The van der Waals surface area contributed by atoms with Crippen molar-refractivity contribution in [3.8, 4) is 0 Å². The highest BCUT2D eigenvalue weighted by Gasteiger charge is 2.05.